The molecule has 2 nitrogen and oxygen atoms in total. The van der Waals surface area contributed by atoms with Crippen molar-refractivity contribution in [1.82, 2.24) is 5.32 Å². The first-order chi connectivity index (χ1) is 7.25. The molecule has 1 fully saturated rings. The van der Waals surface area contributed by atoms with E-state index in [0.29, 0.717) is 16.1 Å². The molecule has 0 amide bonds. The highest BCUT2D eigenvalue weighted by molar-refractivity contribution is 6.36. The van der Waals surface area contributed by atoms with E-state index in [9.17, 15) is 0 Å². The van der Waals surface area contributed by atoms with Gasteiger partial charge in [0, 0.05) is 17.6 Å². The third kappa shape index (κ3) is 3.00. The Balaban J connectivity index is 1.92. The lowest BCUT2D eigenvalue weighted by molar-refractivity contribution is 0.633. The summed E-state index contributed by atoms with van der Waals surface area (Å²) in [6, 6.07) is 6.09. The molecule has 1 atom stereocenters. The molecular formula is C11H14Cl2N2. The summed E-state index contributed by atoms with van der Waals surface area (Å²) in [5.41, 5.74) is 0.953. The maximum atomic E-state index is 6.05. The lowest BCUT2D eigenvalue weighted by Crippen LogP contribution is -2.29. The molecule has 2 rings (SSSR count). The van der Waals surface area contributed by atoms with Crippen molar-refractivity contribution >= 4 is 28.9 Å². The van der Waals surface area contributed by atoms with Gasteiger partial charge < -0.3 is 10.6 Å². The van der Waals surface area contributed by atoms with Crippen LogP contribution in [0.2, 0.25) is 10.0 Å². The van der Waals surface area contributed by atoms with Gasteiger partial charge in [-0.05, 0) is 37.6 Å². The monoisotopic (exact) mass is 244 g/mol. The summed E-state index contributed by atoms with van der Waals surface area (Å²) in [6.07, 6.45) is 2.50. The third-order valence-corrected chi connectivity index (χ3v) is 3.18. The van der Waals surface area contributed by atoms with Crippen molar-refractivity contribution in [2.45, 2.75) is 18.9 Å². The summed E-state index contributed by atoms with van der Waals surface area (Å²) in [4.78, 5) is 0. The number of halogens is 2. The number of benzene rings is 1. The first-order valence-corrected chi connectivity index (χ1v) is 5.93. The van der Waals surface area contributed by atoms with Gasteiger partial charge >= 0.3 is 0 Å². The van der Waals surface area contributed by atoms with Gasteiger partial charge in [-0.2, -0.15) is 0 Å². The second kappa shape index (κ2) is 5.06. The first-order valence-electron chi connectivity index (χ1n) is 5.18. The SMILES string of the molecule is Clc1ccc(NCC2CCCN2)c(Cl)c1. The highest BCUT2D eigenvalue weighted by Crippen LogP contribution is 2.25. The summed E-state index contributed by atoms with van der Waals surface area (Å²) in [7, 11) is 0. The highest BCUT2D eigenvalue weighted by atomic mass is 35.5. The van der Waals surface area contributed by atoms with Crippen LogP contribution in [0.5, 0.6) is 0 Å². The molecule has 2 N–H and O–H groups in total. The molecule has 1 aliphatic rings. The molecule has 1 aliphatic heterocycles. The van der Waals surface area contributed by atoms with Crippen molar-refractivity contribution in [3.8, 4) is 0 Å². The molecule has 1 saturated heterocycles. The Bertz CT molecular complexity index is 335. The minimum Gasteiger partial charge on any atom is -0.382 e. The Kier molecular flexibility index (Phi) is 3.73. The van der Waals surface area contributed by atoms with Gasteiger partial charge in [-0.25, -0.2) is 0 Å². The Morgan fingerprint density at radius 1 is 1.40 bits per heavy atom. The average molecular weight is 245 g/mol. The van der Waals surface area contributed by atoms with Crippen molar-refractivity contribution in [2.75, 3.05) is 18.4 Å². The lowest BCUT2D eigenvalue weighted by Gasteiger charge is -2.13. The minimum atomic E-state index is 0.566. The zero-order valence-corrected chi connectivity index (χ0v) is 9.91. The van der Waals surface area contributed by atoms with Crippen LogP contribution in [0.25, 0.3) is 0 Å². The van der Waals surface area contributed by atoms with Crippen LogP contribution in [-0.4, -0.2) is 19.1 Å². The van der Waals surface area contributed by atoms with Crippen molar-refractivity contribution in [2.24, 2.45) is 0 Å². The summed E-state index contributed by atoms with van der Waals surface area (Å²) in [5.74, 6) is 0. The first kappa shape index (κ1) is 11.1. The molecule has 0 radical (unpaired) electrons. The summed E-state index contributed by atoms with van der Waals surface area (Å²) in [6.45, 7) is 2.04. The molecule has 1 aromatic rings. The summed E-state index contributed by atoms with van der Waals surface area (Å²) >= 11 is 11.9. The molecule has 1 aromatic carbocycles. The van der Waals surface area contributed by atoms with E-state index in [-0.39, 0.29) is 0 Å². The van der Waals surface area contributed by atoms with E-state index in [4.69, 9.17) is 23.2 Å². The fourth-order valence-electron chi connectivity index (χ4n) is 1.80. The predicted molar refractivity (Wildman–Crippen MR) is 66.0 cm³/mol. The zero-order valence-electron chi connectivity index (χ0n) is 8.39. The molecule has 0 spiro atoms. The number of anilines is 1. The summed E-state index contributed by atoms with van der Waals surface area (Å²) < 4.78 is 0. The second-order valence-corrected chi connectivity index (χ2v) is 4.64. The van der Waals surface area contributed by atoms with Gasteiger partial charge in [-0.3, -0.25) is 0 Å². The zero-order chi connectivity index (χ0) is 10.7. The number of hydrogen-bond acceptors (Lipinski definition) is 2. The van der Waals surface area contributed by atoms with Gasteiger partial charge in [-0.1, -0.05) is 23.2 Å². The van der Waals surface area contributed by atoms with Crippen LogP contribution in [-0.2, 0) is 0 Å². The largest absolute Gasteiger partial charge is 0.382 e. The molecule has 0 aliphatic carbocycles. The molecule has 0 aromatic heterocycles. The van der Waals surface area contributed by atoms with E-state index in [0.717, 1.165) is 18.8 Å². The van der Waals surface area contributed by atoms with Crippen molar-refractivity contribution in [3.05, 3.63) is 28.2 Å². The highest BCUT2D eigenvalue weighted by Gasteiger charge is 2.13. The molecule has 0 bridgehead atoms. The van der Waals surface area contributed by atoms with Gasteiger partial charge in [-0.15, -0.1) is 0 Å². The van der Waals surface area contributed by atoms with Crippen molar-refractivity contribution < 1.29 is 0 Å². The molecular weight excluding hydrogens is 231 g/mol. The Hall–Kier alpha value is -0.440. The van der Waals surface area contributed by atoms with E-state index in [1.54, 1.807) is 6.07 Å². The van der Waals surface area contributed by atoms with Crippen molar-refractivity contribution in [3.63, 3.8) is 0 Å². The van der Waals surface area contributed by atoms with Crippen LogP contribution in [0.1, 0.15) is 12.8 Å². The third-order valence-electron chi connectivity index (χ3n) is 2.63. The normalized spacial score (nSPS) is 20.5. The topological polar surface area (TPSA) is 24.1 Å². The number of nitrogens with one attached hydrogen (secondary N) is 2. The Labute approximate surface area is 100.0 Å². The summed E-state index contributed by atoms with van der Waals surface area (Å²) in [5, 5.41) is 8.11. The fourth-order valence-corrected chi connectivity index (χ4v) is 2.27. The van der Waals surface area contributed by atoms with Crippen LogP contribution < -0.4 is 10.6 Å². The molecule has 15 heavy (non-hydrogen) atoms. The van der Waals surface area contributed by atoms with Crippen LogP contribution in [0.4, 0.5) is 5.69 Å². The molecule has 1 unspecified atom stereocenters. The van der Waals surface area contributed by atoms with Gasteiger partial charge in [0.05, 0.1) is 10.7 Å². The second-order valence-electron chi connectivity index (χ2n) is 3.80. The van der Waals surface area contributed by atoms with Gasteiger partial charge in [0.1, 0.15) is 0 Å². The molecule has 1 heterocycles. The number of hydrogen-bond donors (Lipinski definition) is 2. The molecule has 4 heteroatoms. The van der Waals surface area contributed by atoms with Gasteiger partial charge in [0.2, 0.25) is 0 Å². The smallest absolute Gasteiger partial charge is 0.0652 e. The van der Waals surface area contributed by atoms with Crippen LogP contribution in [0.3, 0.4) is 0 Å². The van der Waals surface area contributed by atoms with Crippen LogP contribution in [0, 0.1) is 0 Å². The molecule has 0 saturated carbocycles. The van der Waals surface area contributed by atoms with Crippen LogP contribution in [0.15, 0.2) is 18.2 Å². The minimum absolute atomic E-state index is 0.566. The van der Waals surface area contributed by atoms with Crippen LogP contribution >= 0.6 is 23.2 Å². The van der Waals surface area contributed by atoms with E-state index in [2.05, 4.69) is 10.6 Å². The Morgan fingerprint density at radius 3 is 2.93 bits per heavy atom. The standard InChI is InChI=1S/C11H14Cl2N2/c12-8-3-4-11(10(13)6-8)15-7-9-2-1-5-14-9/h3-4,6,9,14-15H,1-2,5,7H2. The van der Waals surface area contributed by atoms with E-state index >= 15 is 0 Å². The van der Waals surface area contributed by atoms with Gasteiger partial charge in [0.25, 0.3) is 0 Å². The predicted octanol–water partition coefficient (Wildman–Crippen LogP) is 3.16. The van der Waals surface area contributed by atoms with Crippen molar-refractivity contribution in [1.29, 1.82) is 0 Å². The maximum Gasteiger partial charge on any atom is 0.0652 e. The quantitative estimate of drug-likeness (QED) is 0.854. The molecule has 82 valence electrons. The maximum absolute atomic E-state index is 6.05. The van der Waals surface area contributed by atoms with E-state index in [1.165, 1.54) is 12.8 Å². The van der Waals surface area contributed by atoms with Gasteiger partial charge in [0.15, 0.2) is 0 Å². The number of rotatable bonds is 3. The lowest BCUT2D eigenvalue weighted by atomic mass is 10.2. The Morgan fingerprint density at radius 2 is 2.27 bits per heavy atom. The van der Waals surface area contributed by atoms with E-state index in [1.807, 2.05) is 12.1 Å². The van der Waals surface area contributed by atoms with E-state index < -0.39 is 0 Å². The average Bonchev–Trinajstić information content (AvgIpc) is 2.69. The fraction of sp³-hybridized carbons (Fsp3) is 0.455.